The van der Waals surface area contributed by atoms with Gasteiger partial charge in [-0.25, -0.2) is 0 Å². The minimum atomic E-state index is -0.891. The first-order valence-corrected chi connectivity index (χ1v) is 4.73. The normalized spacial score (nSPS) is 12.4. The van der Waals surface area contributed by atoms with Gasteiger partial charge in [0.1, 0.15) is 6.10 Å². The number of hydrogen-bond acceptors (Lipinski definition) is 5. The van der Waals surface area contributed by atoms with Crippen molar-refractivity contribution in [2.45, 2.75) is 12.7 Å². The molecule has 0 amide bonds. The maximum absolute atomic E-state index is 10.4. The van der Waals surface area contributed by atoms with Crippen LogP contribution < -0.4 is 0 Å². The summed E-state index contributed by atoms with van der Waals surface area (Å²) in [6.45, 7) is -0.0667. The van der Waals surface area contributed by atoms with Crippen LogP contribution in [0.3, 0.4) is 0 Å². The summed E-state index contributed by atoms with van der Waals surface area (Å²) in [5, 5.41) is 27.9. The standard InChI is InChI=1S/C10H13NO5/c12-5-10(13)7-16-6-8-1-3-9(4-2-8)11(14)15/h1-4,10,12-13H,5-7H2/t10-/m1/s1. The highest BCUT2D eigenvalue weighted by Gasteiger charge is 2.05. The average Bonchev–Trinajstić information content (AvgIpc) is 2.29. The average molecular weight is 227 g/mol. The van der Waals surface area contributed by atoms with Crippen molar-refractivity contribution >= 4 is 5.69 Å². The second-order valence-electron chi connectivity index (χ2n) is 3.28. The summed E-state index contributed by atoms with van der Waals surface area (Å²) >= 11 is 0. The van der Waals surface area contributed by atoms with E-state index in [0.29, 0.717) is 0 Å². The molecule has 0 bridgehead atoms. The van der Waals surface area contributed by atoms with E-state index < -0.39 is 11.0 Å². The smallest absolute Gasteiger partial charge is 0.269 e. The predicted molar refractivity (Wildman–Crippen MR) is 55.8 cm³/mol. The fourth-order valence-corrected chi connectivity index (χ4v) is 1.08. The van der Waals surface area contributed by atoms with Gasteiger partial charge >= 0.3 is 0 Å². The summed E-state index contributed by atoms with van der Waals surface area (Å²) in [5.41, 5.74) is 0.801. The highest BCUT2D eigenvalue weighted by molar-refractivity contribution is 5.32. The van der Waals surface area contributed by atoms with E-state index in [1.807, 2.05) is 0 Å². The first kappa shape index (κ1) is 12.6. The Morgan fingerprint density at radius 1 is 1.38 bits per heavy atom. The van der Waals surface area contributed by atoms with Crippen LogP contribution in [-0.4, -0.2) is 34.5 Å². The number of aliphatic hydroxyl groups is 2. The molecule has 0 fully saturated rings. The molecule has 6 heteroatoms. The third kappa shape index (κ3) is 3.93. The molecule has 0 saturated carbocycles. The lowest BCUT2D eigenvalue weighted by Gasteiger charge is -2.07. The largest absolute Gasteiger partial charge is 0.394 e. The molecule has 0 radical (unpaired) electrons. The molecule has 1 aromatic rings. The first-order valence-electron chi connectivity index (χ1n) is 4.73. The molecule has 88 valence electrons. The van der Waals surface area contributed by atoms with Crippen molar-refractivity contribution in [2.75, 3.05) is 13.2 Å². The molecule has 0 heterocycles. The minimum Gasteiger partial charge on any atom is -0.394 e. The van der Waals surface area contributed by atoms with Crippen molar-refractivity contribution in [1.29, 1.82) is 0 Å². The molecule has 0 aliphatic carbocycles. The zero-order chi connectivity index (χ0) is 12.0. The van der Waals surface area contributed by atoms with E-state index in [1.165, 1.54) is 12.1 Å². The van der Waals surface area contributed by atoms with E-state index in [4.69, 9.17) is 14.9 Å². The molecule has 6 nitrogen and oxygen atoms in total. The predicted octanol–water partition coefficient (Wildman–Crippen LogP) is 0.465. The lowest BCUT2D eigenvalue weighted by Crippen LogP contribution is -2.19. The van der Waals surface area contributed by atoms with E-state index in [9.17, 15) is 10.1 Å². The van der Waals surface area contributed by atoms with Crippen LogP contribution >= 0.6 is 0 Å². The maximum atomic E-state index is 10.4. The number of non-ortho nitro benzene ring substituents is 1. The van der Waals surface area contributed by atoms with Crippen LogP contribution in [-0.2, 0) is 11.3 Å². The quantitative estimate of drug-likeness (QED) is 0.544. The molecule has 0 aliphatic rings. The van der Waals surface area contributed by atoms with Gasteiger partial charge in [0.05, 0.1) is 24.7 Å². The van der Waals surface area contributed by atoms with E-state index in [-0.39, 0.29) is 25.5 Å². The van der Waals surface area contributed by atoms with Crippen molar-refractivity contribution in [3.63, 3.8) is 0 Å². The summed E-state index contributed by atoms with van der Waals surface area (Å²) in [6, 6.07) is 5.95. The lowest BCUT2D eigenvalue weighted by atomic mass is 10.2. The highest BCUT2D eigenvalue weighted by atomic mass is 16.6. The van der Waals surface area contributed by atoms with E-state index in [0.717, 1.165) is 5.56 Å². The number of nitro groups is 1. The van der Waals surface area contributed by atoms with Gasteiger partial charge < -0.3 is 14.9 Å². The summed E-state index contributed by atoms with van der Waals surface area (Å²) in [5.74, 6) is 0. The number of nitro benzene ring substituents is 1. The molecule has 0 aliphatic heterocycles. The van der Waals surface area contributed by atoms with Crippen molar-refractivity contribution in [1.82, 2.24) is 0 Å². The molecule has 0 unspecified atom stereocenters. The summed E-state index contributed by atoms with van der Waals surface area (Å²) in [7, 11) is 0. The minimum absolute atomic E-state index is 0.0270. The fourth-order valence-electron chi connectivity index (χ4n) is 1.08. The monoisotopic (exact) mass is 227 g/mol. The second-order valence-corrected chi connectivity index (χ2v) is 3.28. The Labute approximate surface area is 92.2 Å². The van der Waals surface area contributed by atoms with Gasteiger partial charge in [0.15, 0.2) is 0 Å². The molecule has 1 atom stereocenters. The Balaban J connectivity index is 2.40. The zero-order valence-electron chi connectivity index (χ0n) is 8.57. The first-order chi connectivity index (χ1) is 7.63. The van der Waals surface area contributed by atoms with Gasteiger partial charge in [-0.15, -0.1) is 0 Å². The summed E-state index contributed by atoms with van der Waals surface area (Å²) in [6.07, 6.45) is -0.891. The number of hydrogen-bond donors (Lipinski definition) is 2. The Kier molecular flexibility index (Phi) is 4.84. The SMILES string of the molecule is O=[N+]([O-])c1ccc(COC[C@H](O)CO)cc1. The number of rotatable bonds is 6. The molecular weight excluding hydrogens is 214 g/mol. The topological polar surface area (TPSA) is 92.8 Å². The molecular formula is C10H13NO5. The number of ether oxygens (including phenoxy) is 1. The van der Waals surface area contributed by atoms with Crippen LogP contribution in [0, 0.1) is 10.1 Å². The molecule has 1 aromatic carbocycles. The van der Waals surface area contributed by atoms with Gasteiger partial charge in [-0.3, -0.25) is 10.1 Å². The zero-order valence-corrected chi connectivity index (χ0v) is 8.57. The van der Waals surface area contributed by atoms with Crippen molar-refractivity contribution in [3.8, 4) is 0 Å². The lowest BCUT2D eigenvalue weighted by molar-refractivity contribution is -0.384. The fraction of sp³-hybridized carbons (Fsp3) is 0.400. The van der Waals surface area contributed by atoms with Gasteiger partial charge in [0, 0.05) is 12.1 Å². The Morgan fingerprint density at radius 3 is 2.50 bits per heavy atom. The molecule has 2 N–H and O–H groups in total. The third-order valence-electron chi connectivity index (χ3n) is 1.94. The Morgan fingerprint density at radius 2 is 2.00 bits per heavy atom. The van der Waals surface area contributed by atoms with Crippen LogP contribution in [0.15, 0.2) is 24.3 Å². The van der Waals surface area contributed by atoms with Gasteiger partial charge in [-0.2, -0.15) is 0 Å². The molecule has 0 spiro atoms. The summed E-state index contributed by atoms with van der Waals surface area (Å²) < 4.78 is 5.09. The molecule has 0 aromatic heterocycles. The van der Waals surface area contributed by atoms with Crippen LogP contribution in [0.4, 0.5) is 5.69 Å². The van der Waals surface area contributed by atoms with Crippen molar-refractivity contribution in [3.05, 3.63) is 39.9 Å². The number of nitrogens with zero attached hydrogens (tertiary/aromatic N) is 1. The Bertz CT molecular complexity index is 338. The second kappa shape index (κ2) is 6.16. The number of benzene rings is 1. The van der Waals surface area contributed by atoms with Crippen LogP contribution in [0.1, 0.15) is 5.56 Å². The van der Waals surface area contributed by atoms with Gasteiger partial charge in [-0.1, -0.05) is 0 Å². The van der Waals surface area contributed by atoms with E-state index in [2.05, 4.69) is 0 Å². The van der Waals surface area contributed by atoms with E-state index >= 15 is 0 Å². The molecule has 0 saturated heterocycles. The Hall–Kier alpha value is -1.50. The molecule has 1 rings (SSSR count). The number of aliphatic hydroxyl groups excluding tert-OH is 2. The van der Waals surface area contributed by atoms with Crippen LogP contribution in [0.5, 0.6) is 0 Å². The van der Waals surface area contributed by atoms with Crippen LogP contribution in [0.2, 0.25) is 0 Å². The van der Waals surface area contributed by atoms with E-state index in [1.54, 1.807) is 12.1 Å². The maximum Gasteiger partial charge on any atom is 0.269 e. The van der Waals surface area contributed by atoms with Gasteiger partial charge in [0.25, 0.3) is 5.69 Å². The molecule has 16 heavy (non-hydrogen) atoms. The van der Waals surface area contributed by atoms with Gasteiger partial charge in [0.2, 0.25) is 0 Å². The van der Waals surface area contributed by atoms with Gasteiger partial charge in [-0.05, 0) is 17.7 Å². The van der Waals surface area contributed by atoms with Crippen LogP contribution in [0.25, 0.3) is 0 Å². The third-order valence-corrected chi connectivity index (χ3v) is 1.94. The van der Waals surface area contributed by atoms with Crippen molar-refractivity contribution < 1.29 is 19.9 Å². The highest BCUT2D eigenvalue weighted by Crippen LogP contribution is 2.12. The summed E-state index contributed by atoms with van der Waals surface area (Å²) in [4.78, 5) is 9.90. The van der Waals surface area contributed by atoms with Crippen molar-refractivity contribution in [2.24, 2.45) is 0 Å².